The lowest BCUT2D eigenvalue weighted by Gasteiger charge is -2.31. The van der Waals surface area contributed by atoms with Gasteiger partial charge in [-0.3, -0.25) is 4.79 Å². The van der Waals surface area contributed by atoms with Crippen molar-refractivity contribution < 1.29 is 14.0 Å². The summed E-state index contributed by atoms with van der Waals surface area (Å²) in [6.07, 6.45) is 8.52. The molecule has 3 N–H and O–H groups in total. The van der Waals surface area contributed by atoms with E-state index in [1.165, 1.54) is 37.8 Å². The Morgan fingerprint density at radius 3 is 2.31 bits per heavy atom. The molecule has 5 nitrogen and oxygen atoms in total. The second-order valence-electron chi connectivity index (χ2n) is 7.56. The zero-order valence-electron chi connectivity index (χ0n) is 15.2. The maximum absolute atomic E-state index is 13.2. The van der Waals surface area contributed by atoms with E-state index in [1.807, 2.05) is 0 Å². The van der Waals surface area contributed by atoms with Crippen molar-refractivity contribution in [3.8, 4) is 0 Å². The smallest absolute Gasteiger partial charge is 0.315 e. The highest BCUT2D eigenvalue weighted by Gasteiger charge is 2.36. The number of urea groups is 1. The summed E-state index contributed by atoms with van der Waals surface area (Å²) in [7, 11) is 0. The lowest BCUT2D eigenvalue weighted by atomic mass is 9.88. The van der Waals surface area contributed by atoms with Crippen molar-refractivity contribution >= 4 is 11.9 Å². The zero-order chi connectivity index (χ0) is 18.4. The van der Waals surface area contributed by atoms with Crippen LogP contribution in [0.4, 0.5) is 9.18 Å². The number of hydrogen-bond donors (Lipinski definition) is 3. The Kier molecular flexibility index (Phi) is 6.12. The topological polar surface area (TPSA) is 70.2 Å². The number of nitrogens with one attached hydrogen (secondary N) is 3. The SMILES string of the molecule is O=C(CNC(=O)NCC1CCCC1)NC1(c2ccc(F)cc2)CCCC1. The molecule has 0 saturated heterocycles. The van der Waals surface area contributed by atoms with Crippen molar-refractivity contribution in [2.75, 3.05) is 13.1 Å². The van der Waals surface area contributed by atoms with Gasteiger partial charge in [0.2, 0.25) is 5.91 Å². The average molecular weight is 361 g/mol. The monoisotopic (exact) mass is 361 g/mol. The van der Waals surface area contributed by atoms with Gasteiger partial charge < -0.3 is 16.0 Å². The molecule has 1 aromatic rings. The zero-order valence-corrected chi connectivity index (χ0v) is 15.2. The van der Waals surface area contributed by atoms with E-state index in [1.54, 1.807) is 12.1 Å². The summed E-state index contributed by atoms with van der Waals surface area (Å²) >= 11 is 0. The molecule has 0 bridgehead atoms. The van der Waals surface area contributed by atoms with Gasteiger partial charge in [-0.25, -0.2) is 9.18 Å². The van der Waals surface area contributed by atoms with E-state index in [-0.39, 0.29) is 24.3 Å². The lowest BCUT2D eigenvalue weighted by Crippen LogP contribution is -2.49. The summed E-state index contributed by atoms with van der Waals surface area (Å²) in [6.45, 7) is 0.617. The van der Waals surface area contributed by atoms with Crippen molar-refractivity contribution in [2.45, 2.75) is 56.9 Å². The molecule has 26 heavy (non-hydrogen) atoms. The van der Waals surface area contributed by atoms with Crippen molar-refractivity contribution in [1.29, 1.82) is 0 Å². The van der Waals surface area contributed by atoms with Crippen molar-refractivity contribution in [3.05, 3.63) is 35.6 Å². The molecule has 1 aromatic carbocycles. The summed E-state index contributed by atoms with van der Waals surface area (Å²) in [4.78, 5) is 24.3. The summed E-state index contributed by atoms with van der Waals surface area (Å²) < 4.78 is 13.2. The first-order valence-electron chi connectivity index (χ1n) is 9.66. The molecule has 0 atom stereocenters. The predicted molar refractivity (Wildman–Crippen MR) is 98.0 cm³/mol. The summed E-state index contributed by atoms with van der Waals surface area (Å²) in [5.74, 6) is 0.0656. The fraction of sp³-hybridized carbons (Fsp3) is 0.600. The van der Waals surface area contributed by atoms with Crippen LogP contribution in [0.3, 0.4) is 0 Å². The molecule has 0 aromatic heterocycles. The average Bonchev–Trinajstić information content (AvgIpc) is 3.31. The Hall–Kier alpha value is -2.11. The number of amides is 3. The van der Waals surface area contributed by atoms with Gasteiger partial charge in [-0.1, -0.05) is 37.8 Å². The van der Waals surface area contributed by atoms with Gasteiger partial charge in [-0.05, 0) is 49.3 Å². The number of hydrogen-bond acceptors (Lipinski definition) is 2. The second-order valence-corrected chi connectivity index (χ2v) is 7.56. The Balaban J connectivity index is 1.49. The van der Waals surface area contributed by atoms with Crippen LogP contribution in [0.5, 0.6) is 0 Å². The van der Waals surface area contributed by atoms with Crippen molar-refractivity contribution in [3.63, 3.8) is 0 Å². The van der Waals surface area contributed by atoms with Gasteiger partial charge in [-0.15, -0.1) is 0 Å². The highest BCUT2D eigenvalue weighted by Crippen LogP contribution is 2.38. The van der Waals surface area contributed by atoms with E-state index in [9.17, 15) is 14.0 Å². The molecular formula is C20H28FN3O2. The van der Waals surface area contributed by atoms with Crippen LogP contribution >= 0.6 is 0 Å². The largest absolute Gasteiger partial charge is 0.345 e. The Morgan fingerprint density at radius 2 is 1.65 bits per heavy atom. The number of rotatable bonds is 6. The van der Waals surface area contributed by atoms with Crippen LogP contribution < -0.4 is 16.0 Å². The molecule has 2 aliphatic rings. The molecule has 0 spiro atoms. The van der Waals surface area contributed by atoms with E-state index in [0.29, 0.717) is 12.5 Å². The Morgan fingerprint density at radius 1 is 1.00 bits per heavy atom. The van der Waals surface area contributed by atoms with Crippen LogP contribution in [0.25, 0.3) is 0 Å². The molecule has 2 fully saturated rings. The Bertz CT molecular complexity index is 620. The van der Waals surface area contributed by atoms with Gasteiger partial charge in [0.15, 0.2) is 0 Å². The molecule has 0 radical (unpaired) electrons. The highest BCUT2D eigenvalue weighted by molar-refractivity contribution is 5.84. The van der Waals surface area contributed by atoms with Crippen molar-refractivity contribution in [1.82, 2.24) is 16.0 Å². The number of carbonyl (C=O) groups excluding carboxylic acids is 2. The van der Waals surface area contributed by atoms with E-state index < -0.39 is 5.54 Å². The normalized spacial score (nSPS) is 19.3. The molecule has 142 valence electrons. The molecule has 0 unspecified atom stereocenters. The minimum Gasteiger partial charge on any atom is -0.345 e. The van der Waals surface area contributed by atoms with Crippen molar-refractivity contribution in [2.24, 2.45) is 5.92 Å². The number of benzene rings is 1. The van der Waals surface area contributed by atoms with Gasteiger partial charge in [0.25, 0.3) is 0 Å². The maximum atomic E-state index is 13.2. The van der Waals surface area contributed by atoms with Crippen LogP contribution in [0.2, 0.25) is 0 Å². The van der Waals surface area contributed by atoms with Gasteiger partial charge in [0.05, 0.1) is 12.1 Å². The minimum absolute atomic E-state index is 0.0561. The summed E-state index contributed by atoms with van der Waals surface area (Å²) in [5.41, 5.74) is 0.475. The fourth-order valence-electron chi connectivity index (χ4n) is 4.22. The first kappa shape index (κ1) is 18.7. The quantitative estimate of drug-likeness (QED) is 0.728. The van der Waals surface area contributed by atoms with Gasteiger partial charge in [-0.2, -0.15) is 0 Å². The predicted octanol–water partition coefficient (Wildman–Crippen LogP) is 3.20. The van der Waals surface area contributed by atoms with Crippen LogP contribution in [0.15, 0.2) is 24.3 Å². The molecule has 6 heteroatoms. The summed E-state index contributed by atoms with van der Waals surface area (Å²) in [5, 5.41) is 8.56. The second kappa shape index (κ2) is 8.52. The van der Waals surface area contributed by atoms with Crippen LogP contribution in [-0.4, -0.2) is 25.0 Å². The molecular weight excluding hydrogens is 333 g/mol. The molecule has 0 heterocycles. The minimum atomic E-state index is -0.452. The fourth-order valence-corrected chi connectivity index (χ4v) is 4.22. The molecule has 3 rings (SSSR count). The van der Waals surface area contributed by atoms with Crippen LogP contribution in [0, 0.1) is 11.7 Å². The van der Waals surface area contributed by atoms with Crippen LogP contribution in [-0.2, 0) is 10.3 Å². The lowest BCUT2D eigenvalue weighted by molar-refractivity contribution is -0.122. The number of carbonyl (C=O) groups is 2. The standard InChI is InChI=1S/C20H28FN3O2/c21-17-9-7-16(8-10-17)20(11-3-4-12-20)24-18(25)14-23-19(26)22-13-15-5-1-2-6-15/h7-10,15H,1-6,11-14H2,(H,24,25)(H2,22,23,26). The van der Waals surface area contributed by atoms with E-state index >= 15 is 0 Å². The van der Waals surface area contributed by atoms with Crippen LogP contribution in [0.1, 0.15) is 56.9 Å². The van der Waals surface area contributed by atoms with Gasteiger partial charge >= 0.3 is 6.03 Å². The van der Waals surface area contributed by atoms with E-state index in [2.05, 4.69) is 16.0 Å². The van der Waals surface area contributed by atoms with E-state index in [0.717, 1.165) is 31.2 Å². The first-order valence-corrected chi connectivity index (χ1v) is 9.66. The molecule has 3 amide bonds. The third-order valence-electron chi connectivity index (χ3n) is 5.67. The Labute approximate surface area is 154 Å². The van der Waals surface area contributed by atoms with Gasteiger partial charge in [0, 0.05) is 6.54 Å². The number of halogens is 1. The summed E-state index contributed by atoms with van der Waals surface area (Å²) in [6, 6.07) is 6.03. The molecule has 0 aliphatic heterocycles. The van der Waals surface area contributed by atoms with Gasteiger partial charge in [0.1, 0.15) is 5.82 Å². The molecule has 2 saturated carbocycles. The third kappa shape index (κ3) is 4.74. The maximum Gasteiger partial charge on any atom is 0.315 e. The molecule has 2 aliphatic carbocycles. The highest BCUT2D eigenvalue weighted by atomic mass is 19.1. The van der Waals surface area contributed by atoms with E-state index in [4.69, 9.17) is 0 Å². The first-order chi connectivity index (χ1) is 12.6. The third-order valence-corrected chi connectivity index (χ3v) is 5.67.